The molecule has 0 aliphatic carbocycles. The Balaban J connectivity index is 0.000000492. The average molecular weight is 742 g/mol. The molecule has 1 heterocycles. The van der Waals surface area contributed by atoms with Gasteiger partial charge in [0, 0.05) is 35.0 Å². The van der Waals surface area contributed by atoms with Crippen molar-refractivity contribution in [3.05, 3.63) is 116 Å². The van der Waals surface area contributed by atoms with Crippen LogP contribution in [0.5, 0.6) is 17.4 Å². The molecule has 3 N–H and O–H groups in total. The summed E-state index contributed by atoms with van der Waals surface area (Å²) in [7, 11) is -4.94. The third-order valence-corrected chi connectivity index (χ3v) is 7.08. The molecule has 0 unspecified atom stereocenters. The molecular formula is C28H21CrN10O10S. The summed E-state index contributed by atoms with van der Waals surface area (Å²) in [6.07, 6.45) is 0. The van der Waals surface area contributed by atoms with Crippen molar-refractivity contribution in [1.82, 2.24) is 9.78 Å². The summed E-state index contributed by atoms with van der Waals surface area (Å²) >= 11 is 0. The summed E-state index contributed by atoms with van der Waals surface area (Å²) in [5, 5.41) is 73.9. The Bertz CT molecular complexity index is 2260. The number of benzene rings is 4. The number of nitro groups is 2. The standard InChI is InChI=1S/C16H13N5O4.C12H9N5O6S.Cr/c1-10-15(16(23)20(19-10)11-5-3-2-4-6-11)18-17-13-9-12(21(24)25)7-8-14(13)22;13-7-4-8(14)12(24(21,22)23)5-9(7)15-16-10-3-6(17(19)20)1-2-11(10)18;/h2-9,22-23H,1H3;1-5H,(H4-2,13,14,15,16,18,21,22,23);/q;-2;+3/p-1. The number of phenolic OH excluding ortho intramolecular Hbond substituents is 1. The van der Waals surface area contributed by atoms with Crippen molar-refractivity contribution < 1.29 is 58.4 Å². The van der Waals surface area contributed by atoms with Gasteiger partial charge in [0.2, 0.25) is 0 Å². The Labute approximate surface area is 294 Å². The number of nitrogens with zero attached hydrogens (tertiary/aromatic N) is 8. The van der Waals surface area contributed by atoms with Crippen molar-refractivity contribution in [1.29, 1.82) is 0 Å². The van der Waals surface area contributed by atoms with Gasteiger partial charge in [0.15, 0.2) is 0 Å². The monoisotopic (exact) mass is 741 g/mol. The van der Waals surface area contributed by atoms with E-state index in [0.717, 1.165) is 42.5 Å². The molecule has 0 saturated carbocycles. The molecule has 22 heteroatoms. The fraction of sp³-hybridized carbons (Fsp3) is 0.0357. The van der Waals surface area contributed by atoms with Gasteiger partial charge >= 0.3 is 20.2 Å². The summed E-state index contributed by atoms with van der Waals surface area (Å²) < 4.78 is 34.3. The second-order valence-electron chi connectivity index (χ2n) is 9.55. The quantitative estimate of drug-likeness (QED) is 0.0740. The fourth-order valence-corrected chi connectivity index (χ4v) is 4.41. The largest absolute Gasteiger partial charge is 3.00 e. The molecule has 4 aromatic carbocycles. The van der Waals surface area contributed by atoms with Gasteiger partial charge in [-0.3, -0.25) is 20.2 Å². The Morgan fingerprint density at radius 3 is 1.96 bits per heavy atom. The van der Waals surface area contributed by atoms with Crippen LogP contribution in [-0.2, 0) is 27.5 Å². The SMILES string of the molecule is Cc1nn(-c2ccccc2)c([O-])c1N=Nc1cc([N+](=O)[O-])ccc1[O-].[Cr+3].[H+].[H+].[NH-]c1cc([NH-])c(S(=O)(=O)[O-])cc1N=Nc1cc([N+](=O)[O-])ccc1O. The maximum absolute atomic E-state index is 12.4. The number of phenols is 1. The van der Waals surface area contributed by atoms with Crippen LogP contribution in [-0.4, -0.2) is 37.7 Å². The summed E-state index contributed by atoms with van der Waals surface area (Å²) in [6, 6.07) is 16.4. The van der Waals surface area contributed by atoms with Crippen molar-refractivity contribution in [2.75, 3.05) is 0 Å². The van der Waals surface area contributed by atoms with E-state index in [4.69, 9.17) is 11.5 Å². The Hall–Kier alpha value is -6.47. The first-order chi connectivity index (χ1) is 23.1. The summed E-state index contributed by atoms with van der Waals surface area (Å²) in [5.41, 5.74) is 13.3. The van der Waals surface area contributed by atoms with Crippen molar-refractivity contribution in [3.63, 3.8) is 0 Å². The molecule has 0 bridgehead atoms. The van der Waals surface area contributed by atoms with Gasteiger partial charge < -0.3 is 31.3 Å². The van der Waals surface area contributed by atoms with Gasteiger partial charge in [0.25, 0.3) is 11.4 Å². The van der Waals surface area contributed by atoms with Crippen LogP contribution in [0, 0.1) is 27.2 Å². The third kappa shape index (κ3) is 8.91. The molecule has 0 atom stereocenters. The van der Waals surface area contributed by atoms with E-state index in [1.165, 1.54) is 4.68 Å². The summed E-state index contributed by atoms with van der Waals surface area (Å²) in [6.45, 7) is 1.58. The van der Waals surface area contributed by atoms with Gasteiger partial charge in [-0.15, -0.1) is 21.6 Å². The first kappa shape index (κ1) is 38.0. The van der Waals surface area contributed by atoms with Gasteiger partial charge in [-0.2, -0.15) is 15.3 Å². The topological polar surface area (TPSA) is 325 Å². The molecule has 20 nitrogen and oxygen atoms in total. The zero-order valence-electron chi connectivity index (χ0n) is 27.0. The Kier molecular flexibility index (Phi) is 11.9. The molecule has 255 valence electrons. The fourth-order valence-electron chi connectivity index (χ4n) is 3.83. The first-order valence-corrected chi connectivity index (χ1v) is 14.6. The van der Waals surface area contributed by atoms with Crippen molar-refractivity contribution >= 4 is 55.6 Å². The van der Waals surface area contributed by atoms with E-state index >= 15 is 0 Å². The maximum atomic E-state index is 12.4. The minimum atomic E-state index is -4.94. The summed E-state index contributed by atoms with van der Waals surface area (Å²) in [4.78, 5) is 19.2. The van der Waals surface area contributed by atoms with Gasteiger partial charge in [0.1, 0.15) is 27.2 Å². The van der Waals surface area contributed by atoms with Crippen LogP contribution in [0.2, 0.25) is 0 Å². The van der Waals surface area contributed by atoms with Crippen LogP contribution in [0.15, 0.2) is 104 Å². The predicted octanol–water partition coefficient (Wildman–Crippen LogP) is 6.86. The molecule has 0 amide bonds. The predicted molar refractivity (Wildman–Crippen MR) is 168 cm³/mol. The Morgan fingerprint density at radius 1 is 0.800 bits per heavy atom. The number of aromatic nitrogens is 2. The van der Waals surface area contributed by atoms with Gasteiger partial charge in [-0.25, -0.2) is 13.1 Å². The second kappa shape index (κ2) is 15.6. The molecule has 0 fully saturated rings. The van der Waals surface area contributed by atoms with Crippen LogP contribution in [0.3, 0.4) is 0 Å². The van der Waals surface area contributed by atoms with Gasteiger partial charge in [-0.1, -0.05) is 36.1 Å². The van der Waals surface area contributed by atoms with E-state index in [2.05, 4.69) is 25.6 Å². The second-order valence-corrected chi connectivity index (χ2v) is 10.9. The Morgan fingerprint density at radius 2 is 1.36 bits per heavy atom. The van der Waals surface area contributed by atoms with Crippen LogP contribution < -0.4 is 10.2 Å². The number of rotatable bonds is 8. The minimum Gasteiger partial charge on any atom is -0.871 e. The zero-order chi connectivity index (χ0) is 36.0. The average Bonchev–Trinajstić information content (AvgIpc) is 3.33. The van der Waals surface area contributed by atoms with Crippen LogP contribution in [0.1, 0.15) is 8.55 Å². The molecule has 5 aromatic rings. The third-order valence-electron chi connectivity index (χ3n) is 6.20. The maximum Gasteiger partial charge on any atom is 3.00 e. The molecule has 1 radical (unpaired) electrons. The van der Waals surface area contributed by atoms with Crippen molar-refractivity contribution in [2.45, 2.75) is 11.8 Å². The normalized spacial score (nSPS) is 11.2. The van der Waals surface area contributed by atoms with Crippen LogP contribution >= 0.6 is 0 Å². The van der Waals surface area contributed by atoms with Crippen LogP contribution in [0.4, 0.5) is 45.5 Å². The van der Waals surface area contributed by atoms with E-state index in [-0.39, 0.29) is 60.0 Å². The number of azo groups is 2. The van der Waals surface area contributed by atoms with Crippen molar-refractivity contribution in [3.8, 4) is 23.1 Å². The van der Waals surface area contributed by atoms with Gasteiger partial charge in [-0.05, 0) is 31.2 Å². The van der Waals surface area contributed by atoms with E-state index in [0.29, 0.717) is 17.4 Å². The van der Waals surface area contributed by atoms with E-state index in [1.807, 2.05) is 6.07 Å². The molecule has 50 heavy (non-hydrogen) atoms. The number of nitrogens with one attached hydrogen (secondary N) is 2. The number of aromatic hydroxyl groups is 1. The number of nitro benzene ring substituents is 2. The van der Waals surface area contributed by atoms with E-state index in [9.17, 15) is 48.5 Å². The van der Waals surface area contributed by atoms with Crippen molar-refractivity contribution in [2.24, 2.45) is 20.5 Å². The molecule has 0 saturated heterocycles. The van der Waals surface area contributed by atoms with Gasteiger partial charge in [0.05, 0.1) is 32.6 Å². The number of hydrogen-bond acceptors (Lipinski definition) is 15. The zero-order valence-corrected chi connectivity index (χ0v) is 27.1. The molecular weight excluding hydrogens is 720 g/mol. The molecule has 1 aromatic heterocycles. The van der Waals surface area contributed by atoms with Crippen LogP contribution in [0.25, 0.3) is 17.2 Å². The van der Waals surface area contributed by atoms with E-state index < -0.39 is 47.9 Å². The smallest absolute Gasteiger partial charge is 0.871 e. The number of hydrogen-bond donors (Lipinski definition) is 1. The van der Waals surface area contributed by atoms with E-state index in [1.54, 1.807) is 31.2 Å². The summed E-state index contributed by atoms with van der Waals surface area (Å²) in [5.74, 6) is -1.45. The minimum absolute atomic E-state index is 0. The number of para-hydroxylation sites is 1. The molecule has 0 aliphatic rings. The molecule has 5 rings (SSSR count). The first-order valence-electron chi connectivity index (χ1n) is 13.2. The number of aryl methyl sites for hydroxylation is 1. The number of non-ortho nitro benzene ring substituents is 2. The molecule has 0 aliphatic heterocycles. The molecule has 0 spiro atoms.